The summed E-state index contributed by atoms with van der Waals surface area (Å²) in [5.41, 5.74) is 8.94. The highest BCUT2D eigenvalue weighted by Gasteiger charge is 2.20. The van der Waals surface area contributed by atoms with E-state index in [1.54, 1.807) is 28.7 Å². The van der Waals surface area contributed by atoms with Crippen LogP contribution in [0, 0.1) is 11.3 Å². The van der Waals surface area contributed by atoms with Crippen LogP contribution < -0.4 is 0 Å². The van der Waals surface area contributed by atoms with Gasteiger partial charge in [-0.05, 0) is 103 Å². The summed E-state index contributed by atoms with van der Waals surface area (Å²) in [7, 11) is 0. The van der Waals surface area contributed by atoms with Gasteiger partial charge in [-0.3, -0.25) is 0 Å². The number of aromatic nitrogens is 3. The van der Waals surface area contributed by atoms with Crippen molar-refractivity contribution in [2.45, 2.75) is 0 Å². The van der Waals surface area contributed by atoms with Gasteiger partial charge in [0.15, 0.2) is 0 Å². The number of hydrogen-bond acceptors (Lipinski definition) is 5. The Morgan fingerprint density at radius 1 is 0.459 bits per heavy atom. The molecule has 0 amide bonds. The lowest BCUT2D eigenvalue weighted by Crippen LogP contribution is -1.96. The van der Waals surface area contributed by atoms with Crippen LogP contribution in [-0.2, 0) is 4.79 Å². The van der Waals surface area contributed by atoms with Crippen molar-refractivity contribution in [2.24, 2.45) is 0 Å². The minimum atomic E-state index is -1.22. The fraction of sp³-hybridized carbons (Fsp3) is 0. The molecule has 12 rings (SSSR count). The summed E-state index contributed by atoms with van der Waals surface area (Å²) < 4.78 is 7.19. The second kappa shape index (κ2) is 13.8. The summed E-state index contributed by atoms with van der Waals surface area (Å²) in [6.45, 7) is 0. The molecule has 6 aromatic carbocycles. The highest BCUT2D eigenvalue weighted by atomic mass is 32.1. The highest BCUT2D eigenvalue weighted by molar-refractivity contribution is 7.27. The van der Waals surface area contributed by atoms with Crippen LogP contribution in [-0.4, -0.2) is 24.8 Å². The van der Waals surface area contributed by atoms with Gasteiger partial charge in [0, 0.05) is 68.1 Å². The molecule has 0 spiro atoms. The molecule has 0 saturated heterocycles. The van der Waals surface area contributed by atoms with Crippen molar-refractivity contribution in [1.29, 1.82) is 5.26 Å². The lowest BCUT2D eigenvalue weighted by Gasteiger charge is -2.09. The largest absolute Gasteiger partial charge is 0.477 e. The van der Waals surface area contributed by atoms with E-state index in [2.05, 4.69) is 171 Å². The Kier molecular flexibility index (Phi) is 8.02. The van der Waals surface area contributed by atoms with Crippen LogP contribution >= 0.6 is 34.0 Å². The molecule has 0 bridgehead atoms. The number of nitriles is 1. The number of hydrogen-bond donors (Lipinski definition) is 1. The number of nitrogens with zero attached hydrogens (tertiary/aromatic N) is 4. The molecule has 6 nitrogen and oxygen atoms in total. The van der Waals surface area contributed by atoms with Crippen molar-refractivity contribution in [2.75, 3.05) is 0 Å². The van der Waals surface area contributed by atoms with Crippen molar-refractivity contribution >= 4 is 111 Å². The number of para-hydroxylation sites is 4. The third kappa shape index (κ3) is 5.54. The van der Waals surface area contributed by atoms with E-state index in [0.717, 1.165) is 46.9 Å². The molecule has 0 radical (unpaired) electrons. The van der Waals surface area contributed by atoms with Crippen LogP contribution in [0.15, 0.2) is 175 Å². The maximum Gasteiger partial charge on any atom is 0.346 e. The monoisotopic (exact) mass is 838 g/mol. The first-order valence-corrected chi connectivity index (χ1v) is 22.2. The average Bonchev–Trinajstić information content (AvgIpc) is 4.16. The first kappa shape index (κ1) is 35.5. The molecule has 0 fully saturated rings. The molecule has 0 unspecified atom stereocenters. The number of fused-ring (bicyclic) bond motifs is 9. The standard InChI is InChI=1S/C52H30N4O2S3/c53-30-31(52(57)58)27-34-19-22-47(59-34)48-23-24-49(60-48)50-25-26-51(61-50)56-45-20-17-32(54-41-13-5-1-9-35(41)36-10-2-6-14-42(36)54)28-39(45)40-29-33(18-21-46(40)56)55-43-15-7-3-11-37(43)38-12-4-8-16-44(38)55/h1-29H,(H,57,58)/b31-27+. The zero-order valence-corrected chi connectivity index (χ0v) is 34.6. The van der Waals surface area contributed by atoms with E-state index in [1.165, 1.54) is 76.7 Å². The first-order chi connectivity index (χ1) is 30.0. The fourth-order valence-corrected chi connectivity index (χ4v) is 12.1. The number of carboxylic acid groups (broad SMARTS) is 1. The molecule has 1 N–H and O–H groups in total. The number of benzene rings is 6. The molecule has 6 heterocycles. The second-order valence-corrected chi connectivity index (χ2v) is 18.2. The lowest BCUT2D eigenvalue weighted by molar-refractivity contribution is -0.132. The van der Waals surface area contributed by atoms with Gasteiger partial charge in [-0.1, -0.05) is 72.8 Å². The fourth-order valence-electron chi connectivity index (χ4n) is 8.95. The summed E-state index contributed by atoms with van der Waals surface area (Å²) in [5.74, 6) is -1.22. The lowest BCUT2D eigenvalue weighted by atomic mass is 10.1. The third-order valence-electron chi connectivity index (χ3n) is 11.6. The van der Waals surface area contributed by atoms with Crippen molar-refractivity contribution < 1.29 is 9.90 Å². The van der Waals surface area contributed by atoms with Gasteiger partial charge < -0.3 is 18.8 Å². The smallest absolute Gasteiger partial charge is 0.346 e. The van der Waals surface area contributed by atoms with E-state index >= 15 is 0 Å². The van der Waals surface area contributed by atoms with Crippen molar-refractivity contribution in [1.82, 2.24) is 13.7 Å². The second-order valence-electron chi connectivity index (χ2n) is 15.0. The Morgan fingerprint density at radius 3 is 1.34 bits per heavy atom. The summed E-state index contributed by atoms with van der Waals surface area (Å²) >= 11 is 4.96. The Morgan fingerprint density at radius 2 is 0.869 bits per heavy atom. The van der Waals surface area contributed by atoms with E-state index < -0.39 is 5.97 Å². The normalized spacial score (nSPS) is 12.1. The zero-order valence-electron chi connectivity index (χ0n) is 32.1. The van der Waals surface area contributed by atoms with Gasteiger partial charge in [-0.15, -0.1) is 34.0 Å². The van der Waals surface area contributed by atoms with Crippen molar-refractivity contribution in [3.63, 3.8) is 0 Å². The molecule has 12 aromatic rings. The Labute approximate surface area is 360 Å². The van der Waals surface area contributed by atoms with Gasteiger partial charge in [-0.2, -0.15) is 5.26 Å². The minimum Gasteiger partial charge on any atom is -0.477 e. The van der Waals surface area contributed by atoms with Crippen LogP contribution in [0.4, 0.5) is 0 Å². The van der Waals surface area contributed by atoms with Crippen LogP contribution in [0.25, 0.3) is 107 Å². The molecular formula is C52H30N4O2S3. The maximum atomic E-state index is 11.4. The minimum absolute atomic E-state index is 0.276. The third-order valence-corrected chi connectivity index (χ3v) is 15.2. The van der Waals surface area contributed by atoms with E-state index in [4.69, 9.17) is 0 Å². The van der Waals surface area contributed by atoms with Crippen molar-refractivity contribution in [3.05, 3.63) is 180 Å². The van der Waals surface area contributed by atoms with Gasteiger partial charge in [-0.25, -0.2) is 4.79 Å². The predicted molar refractivity (Wildman–Crippen MR) is 255 cm³/mol. The van der Waals surface area contributed by atoms with Gasteiger partial charge >= 0.3 is 5.97 Å². The van der Waals surface area contributed by atoms with E-state index in [0.29, 0.717) is 0 Å². The number of rotatable bonds is 7. The quantitative estimate of drug-likeness (QED) is 0.128. The first-order valence-electron chi connectivity index (χ1n) is 19.7. The molecule has 0 aliphatic heterocycles. The van der Waals surface area contributed by atoms with E-state index in [-0.39, 0.29) is 5.57 Å². The number of thiophene rings is 3. The molecule has 9 heteroatoms. The van der Waals surface area contributed by atoms with Crippen LogP contribution in [0.2, 0.25) is 0 Å². The van der Waals surface area contributed by atoms with Gasteiger partial charge in [0.05, 0.1) is 33.1 Å². The Balaban J connectivity index is 1.03. The van der Waals surface area contributed by atoms with Gasteiger partial charge in [0.25, 0.3) is 0 Å². The molecule has 6 aromatic heterocycles. The maximum absolute atomic E-state index is 11.4. The van der Waals surface area contributed by atoms with Crippen LogP contribution in [0.5, 0.6) is 0 Å². The zero-order chi connectivity index (χ0) is 40.8. The topological polar surface area (TPSA) is 75.9 Å². The summed E-state index contributed by atoms with van der Waals surface area (Å²) in [6, 6.07) is 62.8. The number of carboxylic acids is 1. The molecule has 0 aliphatic rings. The molecule has 0 aliphatic carbocycles. The molecule has 0 atom stereocenters. The number of aliphatic carboxylic acids is 1. The van der Waals surface area contributed by atoms with Gasteiger partial charge in [0.2, 0.25) is 0 Å². The summed E-state index contributed by atoms with van der Waals surface area (Å²) in [4.78, 5) is 16.6. The summed E-state index contributed by atoms with van der Waals surface area (Å²) in [6.07, 6.45) is 1.43. The van der Waals surface area contributed by atoms with Crippen LogP contribution in [0.3, 0.4) is 0 Å². The Bertz CT molecular complexity index is 3560. The van der Waals surface area contributed by atoms with Gasteiger partial charge in [0.1, 0.15) is 16.6 Å². The molecule has 0 saturated carbocycles. The average molecular weight is 839 g/mol. The summed E-state index contributed by atoms with van der Waals surface area (Å²) in [5, 5.41) is 27.0. The Hall–Kier alpha value is -7.48. The molecule has 61 heavy (non-hydrogen) atoms. The SMILES string of the molecule is N#C/C(=C\c1ccc(-c2ccc(-c3ccc(-n4c5ccc(-n6c7ccccc7c7ccccc76)cc5c5cc(-n6c7ccccc7c7ccccc76)ccc54)s3)s2)s1)C(=O)O. The molecule has 288 valence electrons. The van der Waals surface area contributed by atoms with E-state index in [1.807, 2.05) is 12.1 Å². The highest BCUT2D eigenvalue weighted by Crippen LogP contribution is 2.44. The van der Waals surface area contributed by atoms with E-state index in [9.17, 15) is 15.2 Å². The van der Waals surface area contributed by atoms with Crippen molar-refractivity contribution in [3.8, 4) is 42.0 Å². The molecular weight excluding hydrogens is 809 g/mol. The predicted octanol–water partition coefficient (Wildman–Crippen LogP) is 14.5. The van der Waals surface area contributed by atoms with Crippen LogP contribution in [0.1, 0.15) is 4.88 Å². The number of carbonyl (C=O) groups is 1.